The molecule has 258 valence electrons. The molecular weight excluding hydrogens is 669 g/mol. The molecule has 1 aliphatic rings. The molecule has 0 fully saturated rings. The molecule has 0 bridgehead atoms. The number of aromatic nitrogens is 1. The van der Waals surface area contributed by atoms with Gasteiger partial charge in [0.15, 0.2) is 0 Å². The van der Waals surface area contributed by atoms with Crippen LogP contribution in [0.15, 0.2) is 211 Å². The third kappa shape index (κ3) is 4.73. The minimum absolute atomic E-state index is 0.534. The van der Waals surface area contributed by atoms with Gasteiger partial charge in [-0.25, -0.2) is 4.98 Å². The summed E-state index contributed by atoms with van der Waals surface area (Å²) in [6.07, 6.45) is 1.88. The van der Waals surface area contributed by atoms with Crippen molar-refractivity contribution in [3.63, 3.8) is 0 Å². The summed E-state index contributed by atoms with van der Waals surface area (Å²) < 4.78 is 6.63. The maximum Gasteiger partial charge on any atom is 0.149 e. The van der Waals surface area contributed by atoms with E-state index in [9.17, 15) is 0 Å². The van der Waals surface area contributed by atoms with Gasteiger partial charge in [0, 0.05) is 22.8 Å². The number of pyridine rings is 1. The zero-order chi connectivity index (χ0) is 36.3. The quantitative estimate of drug-likeness (QED) is 0.173. The Labute approximate surface area is 319 Å². The Balaban J connectivity index is 1.23. The number of nitrogens with zero attached hydrogens (tertiary/aromatic N) is 2. The monoisotopic (exact) mass is 702 g/mol. The minimum Gasteiger partial charge on any atom is -0.456 e. The van der Waals surface area contributed by atoms with Crippen molar-refractivity contribution in [2.75, 3.05) is 4.90 Å². The van der Waals surface area contributed by atoms with Crippen molar-refractivity contribution in [3.05, 3.63) is 229 Å². The second-order valence-corrected chi connectivity index (χ2v) is 14.3. The molecule has 3 nitrogen and oxygen atoms in total. The number of hydrogen-bond donors (Lipinski definition) is 0. The lowest BCUT2D eigenvalue weighted by atomic mass is 9.68. The third-order valence-corrected chi connectivity index (χ3v) is 11.4. The Kier molecular flexibility index (Phi) is 7.08. The molecule has 0 spiro atoms. The number of fused-ring (bicyclic) bond motifs is 7. The summed E-state index contributed by atoms with van der Waals surface area (Å²) in [4.78, 5) is 7.59. The fourth-order valence-corrected chi connectivity index (χ4v) is 9.03. The highest BCUT2D eigenvalue weighted by Crippen LogP contribution is 2.59. The second-order valence-electron chi connectivity index (χ2n) is 14.3. The number of anilines is 3. The Morgan fingerprint density at radius 2 is 1.07 bits per heavy atom. The van der Waals surface area contributed by atoms with Crippen LogP contribution in [0.4, 0.5) is 17.2 Å². The molecule has 2 heterocycles. The van der Waals surface area contributed by atoms with Crippen LogP contribution < -0.4 is 4.90 Å². The summed E-state index contributed by atoms with van der Waals surface area (Å²) in [7, 11) is 0. The largest absolute Gasteiger partial charge is 0.456 e. The third-order valence-electron chi connectivity index (χ3n) is 11.4. The number of hydrogen-bond acceptors (Lipinski definition) is 3. The molecule has 0 N–H and O–H groups in total. The predicted molar refractivity (Wildman–Crippen MR) is 226 cm³/mol. The standard InChI is InChI=1S/C52H34N2O/c1-4-15-35(16-5-1)36-27-29-41(30-28-36)54(51-50-43-33-37-17-10-11-18-38(37)34-48(43)55-47(50)31-32-53-51)46-26-14-25-45-49(46)42-23-12-13-24-44(42)52(45,39-19-6-2-7-20-39)40-21-8-3-9-22-40/h1-34H. The highest BCUT2D eigenvalue weighted by Gasteiger charge is 2.47. The van der Waals surface area contributed by atoms with Gasteiger partial charge in [-0.05, 0) is 86.1 Å². The molecule has 0 saturated heterocycles. The summed E-state index contributed by atoms with van der Waals surface area (Å²) in [6.45, 7) is 0. The first-order valence-corrected chi connectivity index (χ1v) is 18.8. The SMILES string of the molecule is c1ccc(-c2ccc(N(c3cccc4c3-c3ccccc3C4(c3ccccc3)c3ccccc3)c3nccc4oc5cc6ccccc6cc5c34)cc2)cc1. The van der Waals surface area contributed by atoms with Crippen molar-refractivity contribution in [1.82, 2.24) is 4.98 Å². The lowest BCUT2D eigenvalue weighted by molar-refractivity contribution is 0.669. The Hall–Kier alpha value is -7.23. The van der Waals surface area contributed by atoms with E-state index >= 15 is 0 Å². The average molecular weight is 703 g/mol. The molecule has 2 aromatic heterocycles. The van der Waals surface area contributed by atoms with Gasteiger partial charge in [0.1, 0.15) is 17.0 Å². The van der Waals surface area contributed by atoms with E-state index in [1.54, 1.807) is 0 Å². The van der Waals surface area contributed by atoms with Crippen LogP contribution in [0.1, 0.15) is 22.3 Å². The molecule has 3 heteroatoms. The van der Waals surface area contributed by atoms with E-state index in [1.165, 1.54) is 38.9 Å². The van der Waals surface area contributed by atoms with Crippen molar-refractivity contribution in [2.24, 2.45) is 0 Å². The Morgan fingerprint density at radius 3 is 1.80 bits per heavy atom. The molecule has 0 radical (unpaired) electrons. The fraction of sp³-hybridized carbons (Fsp3) is 0.0192. The van der Waals surface area contributed by atoms with Crippen molar-refractivity contribution in [1.29, 1.82) is 0 Å². The smallest absolute Gasteiger partial charge is 0.149 e. The summed E-state index contributed by atoms with van der Waals surface area (Å²) in [5.74, 6) is 0.821. The first kappa shape index (κ1) is 31.3. The molecule has 0 amide bonds. The number of furan rings is 1. The molecule has 1 aliphatic carbocycles. The van der Waals surface area contributed by atoms with E-state index in [0.717, 1.165) is 55.5 Å². The van der Waals surface area contributed by atoms with Crippen LogP contribution in [0, 0.1) is 0 Å². The van der Waals surface area contributed by atoms with Crippen molar-refractivity contribution in [3.8, 4) is 22.3 Å². The number of benzene rings is 8. The summed E-state index contributed by atoms with van der Waals surface area (Å²) in [5, 5.41) is 4.33. The van der Waals surface area contributed by atoms with Gasteiger partial charge in [0.2, 0.25) is 0 Å². The van der Waals surface area contributed by atoms with Gasteiger partial charge in [0.25, 0.3) is 0 Å². The van der Waals surface area contributed by atoms with Crippen LogP contribution >= 0.6 is 0 Å². The summed E-state index contributed by atoms with van der Waals surface area (Å²) in [6, 6.07) is 71.9. The van der Waals surface area contributed by atoms with Gasteiger partial charge in [0.05, 0.1) is 16.5 Å². The minimum atomic E-state index is -0.534. The summed E-state index contributed by atoms with van der Waals surface area (Å²) >= 11 is 0. The van der Waals surface area contributed by atoms with E-state index < -0.39 is 5.41 Å². The normalized spacial score (nSPS) is 12.9. The molecule has 0 saturated carbocycles. The molecule has 0 unspecified atom stereocenters. The molecule has 8 aromatic carbocycles. The molecule has 10 aromatic rings. The number of rotatable bonds is 6. The van der Waals surface area contributed by atoms with Crippen LogP contribution in [0.3, 0.4) is 0 Å². The van der Waals surface area contributed by atoms with Gasteiger partial charge in [-0.15, -0.1) is 0 Å². The van der Waals surface area contributed by atoms with Gasteiger partial charge >= 0.3 is 0 Å². The van der Waals surface area contributed by atoms with Crippen LogP contribution in [0.2, 0.25) is 0 Å². The van der Waals surface area contributed by atoms with Crippen molar-refractivity contribution in [2.45, 2.75) is 5.41 Å². The van der Waals surface area contributed by atoms with E-state index in [4.69, 9.17) is 9.40 Å². The van der Waals surface area contributed by atoms with E-state index in [-0.39, 0.29) is 0 Å². The van der Waals surface area contributed by atoms with Crippen LogP contribution in [0.5, 0.6) is 0 Å². The average Bonchev–Trinajstić information content (AvgIpc) is 3.78. The maximum atomic E-state index is 6.63. The Bertz CT molecular complexity index is 2980. The van der Waals surface area contributed by atoms with E-state index in [0.29, 0.717) is 0 Å². The van der Waals surface area contributed by atoms with Gasteiger partial charge in [-0.1, -0.05) is 164 Å². The summed E-state index contributed by atoms with van der Waals surface area (Å²) in [5.41, 5.74) is 12.9. The van der Waals surface area contributed by atoms with Crippen LogP contribution in [-0.4, -0.2) is 4.98 Å². The van der Waals surface area contributed by atoms with Gasteiger partial charge < -0.3 is 4.42 Å². The lowest BCUT2D eigenvalue weighted by Gasteiger charge is -2.34. The van der Waals surface area contributed by atoms with Crippen molar-refractivity contribution < 1.29 is 4.42 Å². The Morgan fingerprint density at radius 1 is 0.473 bits per heavy atom. The fourth-order valence-electron chi connectivity index (χ4n) is 9.03. The molecule has 0 aliphatic heterocycles. The molecule has 55 heavy (non-hydrogen) atoms. The highest BCUT2D eigenvalue weighted by molar-refractivity contribution is 6.16. The zero-order valence-electron chi connectivity index (χ0n) is 29.9. The van der Waals surface area contributed by atoms with E-state index in [1.807, 2.05) is 12.3 Å². The lowest BCUT2D eigenvalue weighted by Crippen LogP contribution is -2.28. The molecule has 0 atom stereocenters. The highest BCUT2D eigenvalue weighted by atomic mass is 16.3. The molecular formula is C52H34N2O. The topological polar surface area (TPSA) is 29.3 Å². The predicted octanol–water partition coefficient (Wildman–Crippen LogP) is 13.6. The van der Waals surface area contributed by atoms with Gasteiger partial charge in [-0.2, -0.15) is 0 Å². The second kappa shape index (κ2) is 12.4. The van der Waals surface area contributed by atoms with E-state index in [2.05, 4.69) is 199 Å². The maximum absolute atomic E-state index is 6.63. The molecule has 11 rings (SSSR count). The van der Waals surface area contributed by atoms with Crippen molar-refractivity contribution >= 4 is 49.9 Å². The van der Waals surface area contributed by atoms with Crippen LogP contribution in [-0.2, 0) is 5.41 Å². The van der Waals surface area contributed by atoms with Gasteiger partial charge in [-0.3, -0.25) is 4.90 Å². The zero-order valence-corrected chi connectivity index (χ0v) is 29.9. The first-order valence-electron chi connectivity index (χ1n) is 18.8. The van der Waals surface area contributed by atoms with Crippen LogP contribution in [0.25, 0.3) is 55.0 Å². The first-order chi connectivity index (χ1) is 27.3.